The molecule has 0 aliphatic carbocycles. The summed E-state index contributed by atoms with van der Waals surface area (Å²) in [6.07, 6.45) is -0.0406. The molecule has 0 spiro atoms. The van der Waals surface area contributed by atoms with E-state index in [0.717, 1.165) is 0 Å². The minimum atomic E-state index is -1.08. The van der Waals surface area contributed by atoms with E-state index in [0.29, 0.717) is 5.82 Å². The molecule has 0 aliphatic rings. The van der Waals surface area contributed by atoms with Crippen LogP contribution in [0.3, 0.4) is 0 Å². The Morgan fingerprint density at radius 2 is 2.27 bits per heavy atom. The van der Waals surface area contributed by atoms with Crippen LogP contribution in [0, 0.1) is 0 Å². The highest BCUT2D eigenvalue weighted by atomic mass is 16.4. The molecule has 8 heteroatoms. The number of carboxylic acids is 1. The molecule has 1 aromatic heterocycles. The largest absolute Gasteiger partial charge is 0.480 e. The van der Waals surface area contributed by atoms with Crippen LogP contribution >= 0.6 is 0 Å². The van der Waals surface area contributed by atoms with E-state index in [4.69, 9.17) is 5.11 Å². The van der Waals surface area contributed by atoms with Crippen LogP contribution in [0.4, 0.5) is 0 Å². The molecule has 2 N–H and O–H groups in total. The number of carboxylic acid groups (broad SMARTS) is 1. The third kappa shape index (κ3) is 3.01. The predicted molar refractivity (Wildman–Crippen MR) is 47.7 cm³/mol. The van der Waals surface area contributed by atoms with Gasteiger partial charge in [0.25, 0.3) is 0 Å². The molecule has 1 atom stereocenters. The van der Waals surface area contributed by atoms with Gasteiger partial charge in [-0.1, -0.05) is 0 Å². The molecule has 0 radical (unpaired) electrons. The summed E-state index contributed by atoms with van der Waals surface area (Å²) in [4.78, 5) is 21.7. The van der Waals surface area contributed by atoms with Gasteiger partial charge in [-0.2, -0.15) is 0 Å². The molecular weight excluding hydrogens is 202 g/mol. The average molecular weight is 213 g/mol. The Morgan fingerprint density at radius 3 is 2.73 bits per heavy atom. The van der Waals surface area contributed by atoms with Gasteiger partial charge in [-0.15, -0.1) is 5.10 Å². The molecule has 0 saturated heterocycles. The molecule has 0 bridgehead atoms. The number of tetrazole rings is 1. The Morgan fingerprint density at radius 1 is 1.60 bits per heavy atom. The first-order valence-electron chi connectivity index (χ1n) is 4.24. The molecule has 0 fully saturated rings. The molecule has 0 saturated carbocycles. The molecule has 1 unspecified atom stereocenters. The number of aliphatic carboxylic acids is 1. The van der Waals surface area contributed by atoms with Crippen LogP contribution in [-0.2, 0) is 23.1 Å². The van der Waals surface area contributed by atoms with Crippen LogP contribution in [0.15, 0.2) is 0 Å². The number of carbonyl (C=O) groups is 2. The van der Waals surface area contributed by atoms with Crippen molar-refractivity contribution >= 4 is 11.9 Å². The number of carbonyl (C=O) groups excluding carboxylic acids is 1. The van der Waals surface area contributed by atoms with Crippen LogP contribution in [0.5, 0.6) is 0 Å². The second-order valence-corrected chi connectivity index (χ2v) is 3.02. The van der Waals surface area contributed by atoms with Gasteiger partial charge < -0.3 is 10.4 Å². The van der Waals surface area contributed by atoms with Gasteiger partial charge in [-0.05, 0) is 17.4 Å². The smallest absolute Gasteiger partial charge is 0.325 e. The Balaban J connectivity index is 2.50. The van der Waals surface area contributed by atoms with Gasteiger partial charge in [0.15, 0.2) is 5.82 Å². The summed E-state index contributed by atoms with van der Waals surface area (Å²) in [5, 5.41) is 21.3. The third-order valence-electron chi connectivity index (χ3n) is 1.77. The fourth-order valence-corrected chi connectivity index (χ4v) is 0.896. The number of aryl methyl sites for hydroxylation is 1. The third-order valence-corrected chi connectivity index (χ3v) is 1.77. The second kappa shape index (κ2) is 4.49. The Hall–Kier alpha value is -1.99. The Bertz CT molecular complexity index is 374. The van der Waals surface area contributed by atoms with Crippen LogP contribution in [-0.4, -0.2) is 43.2 Å². The summed E-state index contributed by atoms with van der Waals surface area (Å²) in [7, 11) is 1.60. The van der Waals surface area contributed by atoms with Gasteiger partial charge in [0.1, 0.15) is 6.04 Å². The van der Waals surface area contributed by atoms with Gasteiger partial charge in [-0.25, -0.2) is 4.68 Å². The molecule has 8 nitrogen and oxygen atoms in total. The highest BCUT2D eigenvalue weighted by Crippen LogP contribution is 1.91. The lowest BCUT2D eigenvalue weighted by Gasteiger charge is -2.07. The van der Waals surface area contributed by atoms with E-state index >= 15 is 0 Å². The lowest BCUT2D eigenvalue weighted by molar-refractivity contribution is -0.141. The van der Waals surface area contributed by atoms with Crippen molar-refractivity contribution in [1.29, 1.82) is 0 Å². The highest BCUT2D eigenvalue weighted by Gasteiger charge is 2.15. The monoisotopic (exact) mass is 213 g/mol. The number of nitrogens with one attached hydrogen (secondary N) is 1. The van der Waals surface area contributed by atoms with E-state index in [1.807, 2.05) is 0 Å². The zero-order valence-corrected chi connectivity index (χ0v) is 8.34. The molecule has 1 aromatic rings. The standard InChI is InChI=1S/C7H11N5O3/c1-4(7(14)15)8-6(13)3-5-9-10-11-12(5)2/h4H,3H2,1-2H3,(H,8,13)(H,14,15). The van der Waals surface area contributed by atoms with Crippen molar-refractivity contribution < 1.29 is 14.7 Å². The molecular formula is C7H11N5O3. The lowest BCUT2D eigenvalue weighted by Crippen LogP contribution is -2.39. The molecule has 15 heavy (non-hydrogen) atoms. The molecule has 82 valence electrons. The first kappa shape index (κ1) is 11.1. The minimum absolute atomic E-state index is 0.0406. The maximum Gasteiger partial charge on any atom is 0.325 e. The van der Waals surface area contributed by atoms with Gasteiger partial charge in [0, 0.05) is 7.05 Å². The predicted octanol–water partition coefficient (Wildman–Crippen LogP) is -1.66. The maximum absolute atomic E-state index is 11.3. The first-order chi connectivity index (χ1) is 7.00. The van der Waals surface area contributed by atoms with Crippen molar-refractivity contribution in [2.45, 2.75) is 19.4 Å². The van der Waals surface area contributed by atoms with Gasteiger partial charge in [-0.3, -0.25) is 9.59 Å². The van der Waals surface area contributed by atoms with Gasteiger partial charge >= 0.3 is 5.97 Å². The molecule has 1 rings (SSSR count). The second-order valence-electron chi connectivity index (χ2n) is 3.02. The normalized spacial score (nSPS) is 12.1. The summed E-state index contributed by atoms with van der Waals surface area (Å²) in [5.74, 6) is -1.13. The van der Waals surface area contributed by atoms with Crippen molar-refractivity contribution in [3.8, 4) is 0 Å². The number of hydrogen-bond donors (Lipinski definition) is 2. The molecule has 1 amide bonds. The van der Waals surface area contributed by atoms with Crippen molar-refractivity contribution in [3.05, 3.63) is 5.82 Å². The number of nitrogens with zero attached hydrogens (tertiary/aromatic N) is 4. The van der Waals surface area contributed by atoms with Crippen molar-refractivity contribution in [3.63, 3.8) is 0 Å². The van der Waals surface area contributed by atoms with E-state index in [1.165, 1.54) is 11.6 Å². The number of rotatable bonds is 4. The average Bonchev–Trinajstić information content (AvgIpc) is 2.51. The van der Waals surface area contributed by atoms with Crippen molar-refractivity contribution in [2.24, 2.45) is 7.05 Å². The zero-order valence-electron chi connectivity index (χ0n) is 8.34. The SMILES string of the molecule is CC(NC(=O)Cc1nnnn1C)C(=O)O. The Kier molecular flexibility index (Phi) is 3.32. The van der Waals surface area contributed by atoms with E-state index < -0.39 is 17.9 Å². The molecule has 0 aliphatic heterocycles. The maximum atomic E-state index is 11.3. The van der Waals surface area contributed by atoms with E-state index in [-0.39, 0.29) is 6.42 Å². The number of aromatic nitrogens is 4. The Labute approximate surface area is 85.3 Å². The molecule has 1 heterocycles. The first-order valence-corrected chi connectivity index (χ1v) is 4.24. The highest BCUT2D eigenvalue weighted by molar-refractivity contribution is 5.84. The summed E-state index contributed by atoms with van der Waals surface area (Å²) in [5.41, 5.74) is 0. The van der Waals surface area contributed by atoms with Gasteiger partial charge in [0.05, 0.1) is 6.42 Å². The minimum Gasteiger partial charge on any atom is -0.480 e. The van der Waals surface area contributed by atoms with Crippen LogP contribution in [0.25, 0.3) is 0 Å². The summed E-state index contributed by atoms with van der Waals surface area (Å²) < 4.78 is 1.35. The van der Waals surface area contributed by atoms with E-state index in [1.54, 1.807) is 7.05 Å². The zero-order chi connectivity index (χ0) is 11.4. The van der Waals surface area contributed by atoms with E-state index in [2.05, 4.69) is 20.8 Å². The quantitative estimate of drug-likeness (QED) is 0.619. The van der Waals surface area contributed by atoms with Crippen LogP contribution < -0.4 is 5.32 Å². The van der Waals surface area contributed by atoms with Crippen molar-refractivity contribution in [1.82, 2.24) is 25.5 Å². The number of hydrogen-bond acceptors (Lipinski definition) is 5. The van der Waals surface area contributed by atoms with E-state index in [9.17, 15) is 9.59 Å². The summed E-state index contributed by atoms with van der Waals surface area (Å²) in [6.45, 7) is 1.38. The number of amides is 1. The lowest BCUT2D eigenvalue weighted by atomic mass is 10.3. The summed E-state index contributed by atoms with van der Waals surface area (Å²) >= 11 is 0. The molecule has 0 aromatic carbocycles. The van der Waals surface area contributed by atoms with Crippen molar-refractivity contribution in [2.75, 3.05) is 0 Å². The summed E-state index contributed by atoms with van der Waals surface area (Å²) in [6, 6.07) is -0.918. The topological polar surface area (TPSA) is 110 Å². The van der Waals surface area contributed by atoms with Gasteiger partial charge in [0.2, 0.25) is 5.91 Å². The fourth-order valence-electron chi connectivity index (χ4n) is 0.896. The fraction of sp³-hybridized carbons (Fsp3) is 0.571. The van der Waals surface area contributed by atoms with Crippen LogP contribution in [0.2, 0.25) is 0 Å². The van der Waals surface area contributed by atoms with Crippen LogP contribution in [0.1, 0.15) is 12.7 Å².